The van der Waals surface area contributed by atoms with E-state index in [1.165, 1.54) is 11.3 Å². The number of nitrogens with one attached hydrogen (secondary N) is 1. The number of carbonyl (C=O) groups is 1. The van der Waals surface area contributed by atoms with E-state index in [0.717, 1.165) is 32.2 Å². The van der Waals surface area contributed by atoms with Gasteiger partial charge in [-0.25, -0.2) is 18.9 Å². The van der Waals surface area contributed by atoms with Crippen LogP contribution < -0.4 is 4.72 Å². The number of hydrogen-bond donors (Lipinski definition) is 2. The standard InChI is InChI=1S/C19H17N5O3S2/c1-10-7-14(17-11(2)21-19(28-17)12-5-4-6-20-8-12)22-15-13(9-24(3)16(10)15)18(25)23-29(26)27/h4-9H,1-3H3,(H,23,25)(H,26,27). The van der Waals surface area contributed by atoms with E-state index in [4.69, 9.17) is 9.54 Å². The van der Waals surface area contributed by atoms with Crippen LogP contribution in [0, 0.1) is 13.8 Å². The van der Waals surface area contributed by atoms with Crippen LogP contribution >= 0.6 is 11.3 Å². The van der Waals surface area contributed by atoms with Gasteiger partial charge >= 0.3 is 0 Å². The first kappa shape index (κ1) is 19.4. The summed E-state index contributed by atoms with van der Waals surface area (Å²) in [5, 5.41) is 0.840. The Morgan fingerprint density at radius 2 is 2.10 bits per heavy atom. The molecule has 8 nitrogen and oxygen atoms in total. The number of aromatic nitrogens is 4. The third-order valence-corrected chi connectivity index (χ3v) is 6.07. The number of amides is 1. The van der Waals surface area contributed by atoms with Gasteiger partial charge in [0.2, 0.25) is 0 Å². The fourth-order valence-electron chi connectivity index (χ4n) is 3.28. The molecule has 0 fully saturated rings. The van der Waals surface area contributed by atoms with Crippen LogP contribution in [-0.2, 0) is 18.3 Å². The van der Waals surface area contributed by atoms with Crippen LogP contribution in [0.4, 0.5) is 0 Å². The number of carbonyl (C=O) groups excluding carboxylic acids is 1. The Labute approximate surface area is 173 Å². The van der Waals surface area contributed by atoms with E-state index >= 15 is 0 Å². The molecule has 0 aliphatic heterocycles. The molecule has 1 amide bonds. The molecule has 0 spiro atoms. The molecule has 0 saturated carbocycles. The van der Waals surface area contributed by atoms with Gasteiger partial charge in [-0.2, -0.15) is 0 Å². The average Bonchev–Trinajstić information content (AvgIpc) is 3.22. The zero-order valence-electron chi connectivity index (χ0n) is 15.8. The molecule has 4 aromatic heterocycles. The van der Waals surface area contributed by atoms with Crippen LogP contribution in [0.25, 0.3) is 32.2 Å². The lowest BCUT2D eigenvalue weighted by Gasteiger charge is -2.05. The van der Waals surface area contributed by atoms with E-state index in [-0.39, 0.29) is 5.56 Å². The predicted molar refractivity (Wildman–Crippen MR) is 113 cm³/mol. The van der Waals surface area contributed by atoms with Gasteiger partial charge in [0.25, 0.3) is 17.2 Å². The first-order chi connectivity index (χ1) is 13.8. The molecule has 1 atom stereocenters. The van der Waals surface area contributed by atoms with Gasteiger partial charge in [-0.05, 0) is 37.6 Å². The van der Waals surface area contributed by atoms with Gasteiger partial charge in [-0.15, -0.1) is 11.3 Å². The molecule has 0 bridgehead atoms. The Bertz CT molecular complexity index is 1260. The molecule has 1 unspecified atom stereocenters. The van der Waals surface area contributed by atoms with E-state index in [2.05, 4.69) is 9.97 Å². The van der Waals surface area contributed by atoms with Crippen molar-refractivity contribution in [3.8, 4) is 21.1 Å². The van der Waals surface area contributed by atoms with E-state index in [9.17, 15) is 9.00 Å². The molecule has 0 aromatic carbocycles. The third kappa shape index (κ3) is 3.57. The minimum absolute atomic E-state index is 0.240. The second kappa shape index (κ2) is 7.47. The molecule has 10 heteroatoms. The van der Waals surface area contributed by atoms with Crippen molar-refractivity contribution in [3.05, 3.63) is 53.6 Å². The fraction of sp³-hybridized carbons (Fsp3) is 0.158. The molecular weight excluding hydrogens is 410 g/mol. The molecule has 0 aliphatic rings. The summed E-state index contributed by atoms with van der Waals surface area (Å²) in [5.74, 6) is -0.655. The maximum absolute atomic E-state index is 12.4. The molecule has 4 heterocycles. The Kier molecular flexibility index (Phi) is 4.99. The number of fused-ring (bicyclic) bond motifs is 1. The summed E-state index contributed by atoms with van der Waals surface area (Å²) in [4.78, 5) is 26.8. The van der Waals surface area contributed by atoms with Crippen molar-refractivity contribution >= 4 is 39.5 Å². The minimum atomic E-state index is -2.45. The minimum Gasteiger partial charge on any atom is -0.348 e. The summed E-state index contributed by atoms with van der Waals surface area (Å²) in [5.41, 5.74) is 4.90. The quantitative estimate of drug-likeness (QED) is 0.484. The highest BCUT2D eigenvalue weighted by Gasteiger charge is 2.21. The number of pyridine rings is 2. The zero-order chi connectivity index (χ0) is 20.7. The summed E-state index contributed by atoms with van der Waals surface area (Å²) < 4.78 is 23.8. The molecule has 148 valence electrons. The number of hydrogen-bond acceptors (Lipinski definition) is 6. The van der Waals surface area contributed by atoms with Crippen molar-refractivity contribution < 1.29 is 13.6 Å². The van der Waals surface area contributed by atoms with Crippen molar-refractivity contribution in [2.24, 2.45) is 7.05 Å². The smallest absolute Gasteiger partial charge is 0.268 e. The van der Waals surface area contributed by atoms with Gasteiger partial charge in [0.05, 0.1) is 27.3 Å². The van der Waals surface area contributed by atoms with Crippen molar-refractivity contribution in [1.29, 1.82) is 0 Å². The first-order valence-corrected chi connectivity index (χ1v) is 10.5. The highest BCUT2D eigenvalue weighted by Crippen LogP contribution is 2.36. The Balaban J connectivity index is 1.87. The number of rotatable bonds is 4. The van der Waals surface area contributed by atoms with Crippen molar-refractivity contribution in [1.82, 2.24) is 24.2 Å². The lowest BCUT2D eigenvalue weighted by Crippen LogP contribution is -2.24. The van der Waals surface area contributed by atoms with E-state index in [1.54, 1.807) is 23.2 Å². The summed E-state index contributed by atoms with van der Waals surface area (Å²) in [6.07, 6.45) is 5.08. The Morgan fingerprint density at radius 1 is 1.31 bits per heavy atom. The highest BCUT2D eigenvalue weighted by molar-refractivity contribution is 7.77. The normalized spacial score (nSPS) is 12.3. The molecule has 4 rings (SSSR count). The average molecular weight is 428 g/mol. The highest BCUT2D eigenvalue weighted by atomic mass is 32.2. The third-order valence-electron chi connectivity index (χ3n) is 4.48. The monoisotopic (exact) mass is 427 g/mol. The van der Waals surface area contributed by atoms with Gasteiger partial charge in [-0.1, -0.05) is 0 Å². The fourth-order valence-corrected chi connectivity index (χ4v) is 4.57. The maximum atomic E-state index is 12.4. The van der Waals surface area contributed by atoms with Gasteiger partial charge in [0, 0.05) is 31.2 Å². The Hall–Kier alpha value is -2.95. The predicted octanol–water partition coefficient (Wildman–Crippen LogP) is 3.24. The second-order valence-electron chi connectivity index (χ2n) is 6.53. The molecule has 29 heavy (non-hydrogen) atoms. The summed E-state index contributed by atoms with van der Waals surface area (Å²) in [6.45, 7) is 3.86. The van der Waals surface area contributed by atoms with Gasteiger partial charge in [0.1, 0.15) is 10.5 Å². The lowest BCUT2D eigenvalue weighted by atomic mass is 10.1. The van der Waals surface area contributed by atoms with E-state index < -0.39 is 17.2 Å². The number of aryl methyl sites for hydroxylation is 3. The van der Waals surface area contributed by atoms with Crippen molar-refractivity contribution in [2.75, 3.05) is 0 Å². The van der Waals surface area contributed by atoms with Crippen molar-refractivity contribution in [2.45, 2.75) is 13.8 Å². The molecular formula is C19H17N5O3S2. The van der Waals surface area contributed by atoms with Crippen LogP contribution in [0.1, 0.15) is 21.6 Å². The Morgan fingerprint density at radius 3 is 2.79 bits per heavy atom. The van der Waals surface area contributed by atoms with E-state index in [0.29, 0.717) is 11.2 Å². The molecule has 0 radical (unpaired) electrons. The topological polar surface area (TPSA) is 110 Å². The van der Waals surface area contributed by atoms with Crippen LogP contribution in [0.2, 0.25) is 0 Å². The zero-order valence-corrected chi connectivity index (χ0v) is 17.5. The van der Waals surface area contributed by atoms with Crippen LogP contribution in [0.15, 0.2) is 36.8 Å². The van der Waals surface area contributed by atoms with Crippen LogP contribution in [0.5, 0.6) is 0 Å². The van der Waals surface area contributed by atoms with Gasteiger partial charge in [-0.3, -0.25) is 14.3 Å². The lowest BCUT2D eigenvalue weighted by molar-refractivity contribution is 0.0982. The summed E-state index contributed by atoms with van der Waals surface area (Å²) in [6, 6.07) is 5.77. The molecule has 0 aliphatic carbocycles. The molecule has 2 N–H and O–H groups in total. The van der Waals surface area contributed by atoms with Crippen LogP contribution in [0.3, 0.4) is 0 Å². The molecule has 0 saturated heterocycles. The van der Waals surface area contributed by atoms with Crippen molar-refractivity contribution in [3.63, 3.8) is 0 Å². The number of thiazole rings is 1. The SMILES string of the molecule is Cc1nc(-c2cccnc2)sc1-c1cc(C)c2c(n1)c(C(=O)NS(=O)O)cn2C. The van der Waals surface area contributed by atoms with Gasteiger partial charge < -0.3 is 4.57 Å². The number of nitrogens with zero attached hydrogens (tertiary/aromatic N) is 4. The summed E-state index contributed by atoms with van der Waals surface area (Å²) >= 11 is -0.943. The van der Waals surface area contributed by atoms with Gasteiger partial charge in [0.15, 0.2) is 0 Å². The first-order valence-electron chi connectivity index (χ1n) is 8.62. The maximum Gasteiger partial charge on any atom is 0.268 e. The van der Waals surface area contributed by atoms with E-state index in [1.807, 2.05) is 43.8 Å². The second-order valence-corrected chi connectivity index (χ2v) is 8.23. The van der Waals surface area contributed by atoms with Crippen LogP contribution in [-0.4, -0.2) is 34.2 Å². The summed E-state index contributed by atoms with van der Waals surface area (Å²) in [7, 11) is 1.81. The molecule has 4 aromatic rings. The largest absolute Gasteiger partial charge is 0.348 e.